The molecule has 4 rings (SSSR count). The summed E-state index contributed by atoms with van der Waals surface area (Å²) in [4.78, 5) is 4.46. The number of benzene rings is 2. The molecule has 0 N–H and O–H groups in total. The van der Waals surface area contributed by atoms with Gasteiger partial charge in [-0.1, -0.05) is 24.3 Å². The lowest BCUT2D eigenvalue weighted by molar-refractivity contribution is 0.276. The number of hydrogen-bond acceptors (Lipinski definition) is 4. The summed E-state index contributed by atoms with van der Waals surface area (Å²) in [5.41, 5.74) is 5.01. The fourth-order valence-corrected chi connectivity index (χ4v) is 3.55. The summed E-state index contributed by atoms with van der Waals surface area (Å²) >= 11 is 0. The molecule has 0 radical (unpaired) electrons. The Labute approximate surface area is 182 Å². The van der Waals surface area contributed by atoms with E-state index in [1.807, 2.05) is 47.3 Å². The van der Waals surface area contributed by atoms with Crippen LogP contribution in [0, 0.1) is 5.82 Å². The molecule has 0 aliphatic heterocycles. The van der Waals surface area contributed by atoms with Crippen LogP contribution in [0.4, 0.5) is 4.39 Å². The minimum Gasteiger partial charge on any atom is -0.463 e. The van der Waals surface area contributed by atoms with E-state index in [0.717, 1.165) is 53.5 Å². The lowest BCUT2D eigenvalue weighted by Crippen LogP contribution is -2.28. The molecule has 0 saturated heterocycles. The van der Waals surface area contributed by atoms with Crippen LogP contribution in [0.1, 0.15) is 5.56 Å². The highest BCUT2D eigenvalue weighted by atomic mass is 19.1. The number of rotatable bonds is 8. The third kappa shape index (κ3) is 4.93. The highest BCUT2D eigenvalue weighted by Gasteiger charge is 2.18. The molecule has 0 saturated carbocycles. The van der Waals surface area contributed by atoms with Gasteiger partial charge in [-0.3, -0.25) is 0 Å². The lowest BCUT2D eigenvalue weighted by Gasteiger charge is -2.19. The molecule has 0 aliphatic carbocycles. The van der Waals surface area contributed by atoms with Gasteiger partial charge in [0.25, 0.3) is 0 Å². The van der Waals surface area contributed by atoms with Crippen LogP contribution in [0.25, 0.3) is 28.3 Å². The maximum atomic E-state index is 13.2. The Morgan fingerprint density at radius 2 is 1.58 bits per heavy atom. The first kappa shape index (κ1) is 21.0. The SMILES string of the molecule is CN(C)CCN(C)Cc1cnn(-c2ccc(-c3ccc(F)cc3)cc2)c1-c1ccco1. The molecule has 0 atom stereocenters. The van der Waals surface area contributed by atoms with Crippen molar-refractivity contribution in [3.63, 3.8) is 0 Å². The van der Waals surface area contributed by atoms with Gasteiger partial charge < -0.3 is 14.2 Å². The van der Waals surface area contributed by atoms with E-state index in [-0.39, 0.29) is 5.82 Å². The van der Waals surface area contributed by atoms with Crippen molar-refractivity contribution in [1.29, 1.82) is 0 Å². The molecule has 2 heterocycles. The number of nitrogens with zero attached hydrogens (tertiary/aromatic N) is 4. The molecular formula is C25H27FN4O. The number of halogens is 1. The van der Waals surface area contributed by atoms with Crippen molar-refractivity contribution in [3.8, 4) is 28.3 Å². The molecule has 2 aromatic heterocycles. The predicted octanol–water partition coefficient (Wildman–Crippen LogP) is 4.93. The molecule has 5 nitrogen and oxygen atoms in total. The smallest absolute Gasteiger partial charge is 0.152 e. The normalized spacial score (nSPS) is 11.5. The summed E-state index contributed by atoms with van der Waals surface area (Å²) in [6, 6.07) is 18.5. The number of likely N-dealkylation sites (N-methyl/N-ethyl adjacent to an activating group) is 2. The van der Waals surface area contributed by atoms with Crippen LogP contribution in [0.15, 0.2) is 77.5 Å². The third-order valence-corrected chi connectivity index (χ3v) is 5.26. The quantitative estimate of drug-likeness (QED) is 0.407. The minimum atomic E-state index is -0.233. The topological polar surface area (TPSA) is 37.4 Å². The van der Waals surface area contributed by atoms with Gasteiger partial charge in [-0.05, 0) is 68.7 Å². The van der Waals surface area contributed by atoms with Crippen LogP contribution in [-0.2, 0) is 6.54 Å². The number of furan rings is 1. The molecule has 31 heavy (non-hydrogen) atoms. The van der Waals surface area contributed by atoms with E-state index in [0.29, 0.717) is 0 Å². The molecular weight excluding hydrogens is 391 g/mol. The number of aromatic nitrogens is 2. The van der Waals surface area contributed by atoms with Crippen LogP contribution in [0.2, 0.25) is 0 Å². The van der Waals surface area contributed by atoms with Crippen LogP contribution in [0.5, 0.6) is 0 Å². The van der Waals surface area contributed by atoms with Gasteiger partial charge in [0, 0.05) is 25.2 Å². The van der Waals surface area contributed by atoms with Crippen LogP contribution in [-0.4, -0.2) is 53.8 Å². The maximum absolute atomic E-state index is 13.2. The second kappa shape index (κ2) is 9.29. The first-order valence-electron chi connectivity index (χ1n) is 10.3. The summed E-state index contributed by atoms with van der Waals surface area (Å²) in [5.74, 6) is 0.555. The van der Waals surface area contributed by atoms with E-state index in [1.165, 1.54) is 12.1 Å². The van der Waals surface area contributed by atoms with E-state index in [2.05, 4.69) is 36.0 Å². The second-order valence-corrected chi connectivity index (χ2v) is 8.00. The van der Waals surface area contributed by atoms with Gasteiger partial charge in [-0.25, -0.2) is 9.07 Å². The predicted molar refractivity (Wildman–Crippen MR) is 122 cm³/mol. The third-order valence-electron chi connectivity index (χ3n) is 5.26. The first-order chi connectivity index (χ1) is 15.0. The van der Waals surface area contributed by atoms with Gasteiger partial charge in [0.1, 0.15) is 11.5 Å². The van der Waals surface area contributed by atoms with E-state index < -0.39 is 0 Å². The molecule has 0 spiro atoms. The van der Waals surface area contributed by atoms with Gasteiger partial charge in [0.2, 0.25) is 0 Å². The Hall–Kier alpha value is -3.22. The van der Waals surface area contributed by atoms with Gasteiger partial charge in [-0.2, -0.15) is 5.10 Å². The first-order valence-corrected chi connectivity index (χ1v) is 10.3. The zero-order chi connectivity index (χ0) is 21.8. The highest BCUT2D eigenvalue weighted by molar-refractivity contribution is 5.66. The van der Waals surface area contributed by atoms with E-state index in [9.17, 15) is 4.39 Å². The molecule has 0 amide bonds. The second-order valence-electron chi connectivity index (χ2n) is 8.00. The van der Waals surface area contributed by atoms with Crippen molar-refractivity contribution in [1.82, 2.24) is 19.6 Å². The van der Waals surface area contributed by atoms with Crippen molar-refractivity contribution in [2.24, 2.45) is 0 Å². The van der Waals surface area contributed by atoms with Crippen LogP contribution >= 0.6 is 0 Å². The summed E-state index contributed by atoms with van der Waals surface area (Å²) in [5, 5.41) is 4.67. The van der Waals surface area contributed by atoms with Gasteiger partial charge in [0.15, 0.2) is 5.76 Å². The Kier molecular flexibility index (Phi) is 6.30. The summed E-state index contributed by atoms with van der Waals surface area (Å²) in [6.45, 7) is 2.73. The Balaban J connectivity index is 1.63. The average molecular weight is 419 g/mol. The van der Waals surface area contributed by atoms with Gasteiger partial charge in [-0.15, -0.1) is 0 Å². The van der Waals surface area contributed by atoms with E-state index >= 15 is 0 Å². The Morgan fingerprint density at radius 3 is 2.19 bits per heavy atom. The fourth-order valence-electron chi connectivity index (χ4n) is 3.55. The Bertz CT molecular complexity index is 1100. The molecule has 0 unspecified atom stereocenters. The standard InChI is InChI=1S/C25H27FN4O/c1-28(2)14-15-29(3)18-21-17-27-30(25(21)24-5-4-16-31-24)23-12-8-20(9-13-23)19-6-10-22(26)11-7-19/h4-13,16-17H,14-15,18H2,1-3H3. The lowest BCUT2D eigenvalue weighted by atomic mass is 10.1. The van der Waals surface area contributed by atoms with Crippen molar-refractivity contribution in [2.45, 2.75) is 6.54 Å². The minimum absolute atomic E-state index is 0.233. The molecule has 0 bridgehead atoms. The van der Waals surface area contributed by atoms with Crippen molar-refractivity contribution < 1.29 is 8.81 Å². The van der Waals surface area contributed by atoms with Crippen molar-refractivity contribution in [3.05, 3.63) is 84.5 Å². The molecule has 2 aromatic carbocycles. The molecule has 0 aliphatic rings. The monoisotopic (exact) mass is 418 g/mol. The summed E-state index contributed by atoms with van der Waals surface area (Å²) < 4.78 is 20.9. The largest absolute Gasteiger partial charge is 0.463 e. The summed E-state index contributed by atoms with van der Waals surface area (Å²) in [6.07, 6.45) is 3.60. The molecule has 160 valence electrons. The zero-order valence-corrected chi connectivity index (χ0v) is 18.1. The van der Waals surface area contributed by atoms with Crippen molar-refractivity contribution in [2.75, 3.05) is 34.2 Å². The molecule has 6 heteroatoms. The molecule has 0 fully saturated rings. The Morgan fingerprint density at radius 1 is 0.903 bits per heavy atom. The zero-order valence-electron chi connectivity index (χ0n) is 18.1. The highest BCUT2D eigenvalue weighted by Crippen LogP contribution is 2.29. The van der Waals surface area contributed by atoms with Crippen LogP contribution < -0.4 is 0 Å². The molecule has 4 aromatic rings. The van der Waals surface area contributed by atoms with Crippen LogP contribution in [0.3, 0.4) is 0 Å². The maximum Gasteiger partial charge on any atom is 0.152 e. The van der Waals surface area contributed by atoms with Gasteiger partial charge >= 0.3 is 0 Å². The summed E-state index contributed by atoms with van der Waals surface area (Å²) in [7, 11) is 6.27. The fraction of sp³-hybridized carbons (Fsp3) is 0.240. The van der Waals surface area contributed by atoms with E-state index in [1.54, 1.807) is 18.4 Å². The number of hydrogen-bond donors (Lipinski definition) is 0. The van der Waals surface area contributed by atoms with Crippen molar-refractivity contribution >= 4 is 0 Å². The average Bonchev–Trinajstić information content (AvgIpc) is 3.43. The van der Waals surface area contributed by atoms with Gasteiger partial charge in [0.05, 0.1) is 18.1 Å². The van der Waals surface area contributed by atoms with E-state index in [4.69, 9.17) is 4.42 Å².